The van der Waals surface area contributed by atoms with Gasteiger partial charge in [-0.3, -0.25) is 4.79 Å². The van der Waals surface area contributed by atoms with E-state index in [-0.39, 0.29) is 11.9 Å². The molecule has 0 saturated carbocycles. The van der Waals surface area contributed by atoms with E-state index in [1.54, 1.807) is 0 Å². The van der Waals surface area contributed by atoms with Gasteiger partial charge < -0.3 is 10.2 Å². The highest BCUT2D eigenvalue weighted by atomic mass is 16.2. The minimum Gasteiger partial charge on any atom is -0.341 e. The molecular formula is C14H20N2O. The molecule has 1 fully saturated rings. The molecule has 0 aliphatic carbocycles. The molecule has 2 rings (SSSR count). The molecule has 1 unspecified atom stereocenters. The van der Waals surface area contributed by atoms with Crippen LogP contribution in [0.5, 0.6) is 0 Å². The fourth-order valence-corrected chi connectivity index (χ4v) is 2.28. The number of rotatable bonds is 4. The summed E-state index contributed by atoms with van der Waals surface area (Å²) in [6.45, 7) is 3.77. The van der Waals surface area contributed by atoms with E-state index in [0.29, 0.717) is 6.42 Å². The van der Waals surface area contributed by atoms with Crippen LogP contribution in [0, 0.1) is 6.92 Å². The van der Waals surface area contributed by atoms with Crippen molar-refractivity contribution in [1.29, 1.82) is 0 Å². The fourth-order valence-electron chi connectivity index (χ4n) is 2.28. The first-order chi connectivity index (χ1) is 8.20. The lowest BCUT2D eigenvalue weighted by atomic mass is 10.0. The molecule has 3 nitrogen and oxygen atoms in total. The number of carbonyl (C=O) groups excluding carboxylic acids is 1. The van der Waals surface area contributed by atoms with Crippen molar-refractivity contribution in [2.45, 2.75) is 25.8 Å². The Labute approximate surface area is 103 Å². The highest BCUT2D eigenvalue weighted by molar-refractivity contribution is 5.78. The van der Waals surface area contributed by atoms with Gasteiger partial charge in [-0.15, -0.1) is 0 Å². The van der Waals surface area contributed by atoms with E-state index in [4.69, 9.17) is 0 Å². The van der Waals surface area contributed by atoms with Gasteiger partial charge in [0.15, 0.2) is 0 Å². The van der Waals surface area contributed by atoms with Gasteiger partial charge in [0, 0.05) is 25.6 Å². The van der Waals surface area contributed by atoms with Crippen LogP contribution in [0.25, 0.3) is 0 Å². The second-order valence-corrected chi connectivity index (χ2v) is 4.70. The van der Waals surface area contributed by atoms with Gasteiger partial charge in [0.2, 0.25) is 5.91 Å². The van der Waals surface area contributed by atoms with Crippen molar-refractivity contribution in [2.75, 3.05) is 20.1 Å². The van der Waals surface area contributed by atoms with E-state index in [1.165, 1.54) is 11.1 Å². The molecule has 1 aromatic carbocycles. The van der Waals surface area contributed by atoms with E-state index < -0.39 is 0 Å². The third kappa shape index (κ3) is 2.86. The number of nitrogens with one attached hydrogen (secondary N) is 1. The second kappa shape index (κ2) is 5.32. The second-order valence-electron chi connectivity index (χ2n) is 4.70. The van der Waals surface area contributed by atoms with E-state index in [9.17, 15) is 4.79 Å². The Kier molecular flexibility index (Phi) is 3.79. The zero-order valence-electron chi connectivity index (χ0n) is 10.6. The summed E-state index contributed by atoms with van der Waals surface area (Å²) in [4.78, 5) is 13.6. The molecule has 0 radical (unpaired) electrons. The Hall–Kier alpha value is -1.35. The largest absolute Gasteiger partial charge is 0.341 e. The maximum atomic E-state index is 11.6. The van der Waals surface area contributed by atoms with Crippen molar-refractivity contribution >= 4 is 5.91 Å². The summed E-state index contributed by atoms with van der Waals surface area (Å²) in [7, 11) is 1.95. The molecular weight excluding hydrogens is 212 g/mol. The van der Waals surface area contributed by atoms with Gasteiger partial charge in [0.1, 0.15) is 0 Å². The molecule has 92 valence electrons. The third-order valence-electron chi connectivity index (χ3n) is 3.40. The number of hydrogen-bond acceptors (Lipinski definition) is 2. The Bertz CT molecular complexity index is 386. The van der Waals surface area contributed by atoms with Gasteiger partial charge in [-0.2, -0.15) is 0 Å². The molecule has 3 heteroatoms. The summed E-state index contributed by atoms with van der Waals surface area (Å²) >= 11 is 0. The summed E-state index contributed by atoms with van der Waals surface area (Å²) in [6.07, 6.45) is 1.72. The van der Waals surface area contributed by atoms with Gasteiger partial charge in [-0.25, -0.2) is 0 Å². The summed E-state index contributed by atoms with van der Waals surface area (Å²) in [6, 6.07) is 8.74. The first-order valence-corrected chi connectivity index (χ1v) is 6.22. The van der Waals surface area contributed by atoms with Crippen LogP contribution >= 0.6 is 0 Å². The number of amides is 1. The number of aryl methyl sites for hydroxylation is 1. The third-order valence-corrected chi connectivity index (χ3v) is 3.40. The van der Waals surface area contributed by atoms with Crippen LogP contribution in [0.3, 0.4) is 0 Å². The maximum Gasteiger partial charge on any atom is 0.222 e. The van der Waals surface area contributed by atoms with Gasteiger partial charge >= 0.3 is 0 Å². The molecule has 1 saturated heterocycles. The summed E-state index contributed by atoms with van der Waals surface area (Å²) in [5.74, 6) is 0.289. The molecule has 1 aromatic rings. The summed E-state index contributed by atoms with van der Waals surface area (Å²) < 4.78 is 0. The Morgan fingerprint density at radius 3 is 2.59 bits per heavy atom. The number of carbonyl (C=O) groups is 1. The number of likely N-dealkylation sites (tertiary alicyclic amines) is 1. The van der Waals surface area contributed by atoms with Crippen LogP contribution < -0.4 is 5.32 Å². The molecule has 0 aromatic heterocycles. The lowest BCUT2D eigenvalue weighted by Gasteiger charge is -2.23. The van der Waals surface area contributed by atoms with Crippen LogP contribution in [0.1, 0.15) is 30.0 Å². The monoisotopic (exact) mass is 232 g/mol. The van der Waals surface area contributed by atoms with Gasteiger partial charge in [-0.05, 0) is 26.0 Å². The van der Waals surface area contributed by atoms with E-state index in [1.807, 2.05) is 11.9 Å². The van der Waals surface area contributed by atoms with Crippen molar-refractivity contribution in [3.8, 4) is 0 Å². The van der Waals surface area contributed by atoms with Crippen molar-refractivity contribution in [2.24, 2.45) is 0 Å². The number of likely N-dealkylation sites (N-methyl/N-ethyl adjacent to an activating group) is 1. The Morgan fingerprint density at radius 1 is 1.35 bits per heavy atom. The minimum atomic E-state index is 0.234. The van der Waals surface area contributed by atoms with Crippen molar-refractivity contribution in [1.82, 2.24) is 10.2 Å². The van der Waals surface area contributed by atoms with Crippen LogP contribution in [-0.4, -0.2) is 30.9 Å². The molecule has 1 N–H and O–H groups in total. The molecule has 1 amide bonds. The molecule has 1 aliphatic rings. The number of hydrogen-bond donors (Lipinski definition) is 1. The van der Waals surface area contributed by atoms with Crippen molar-refractivity contribution in [3.63, 3.8) is 0 Å². The predicted molar refractivity (Wildman–Crippen MR) is 68.8 cm³/mol. The number of benzene rings is 1. The first kappa shape index (κ1) is 12.1. The maximum absolute atomic E-state index is 11.6. The Balaban J connectivity index is 2.05. The van der Waals surface area contributed by atoms with Crippen LogP contribution in [0.15, 0.2) is 24.3 Å². The average Bonchev–Trinajstić information content (AvgIpc) is 2.73. The highest BCUT2D eigenvalue weighted by Crippen LogP contribution is 2.18. The lowest BCUT2D eigenvalue weighted by molar-refractivity contribution is -0.128. The summed E-state index contributed by atoms with van der Waals surface area (Å²) in [5, 5.41) is 3.29. The minimum absolute atomic E-state index is 0.234. The lowest BCUT2D eigenvalue weighted by Crippen LogP contribution is -2.34. The summed E-state index contributed by atoms with van der Waals surface area (Å²) in [5.41, 5.74) is 2.51. The average molecular weight is 232 g/mol. The first-order valence-electron chi connectivity index (χ1n) is 6.22. The fraction of sp³-hybridized carbons (Fsp3) is 0.500. The molecule has 1 aliphatic heterocycles. The molecule has 1 heterocycles. The molecule has 17 heavy (non-hydrogen) atoms. The smallest absolute Gasteiger partial charge is 0.222 e. The van der Waals surface area contributed by atoms with E-state index in [2.05, 4.69) is 36.5 Å². The molecule has 1 atom stereocenters. The highest BCUT2D eigenvalue weighted by Gasteiger charge is 2.23. The van der Waals surface area contributed by atoms with Crippen molar-refractivity contribution < 1.29 is 4.79 Å². The van der Waals surface area contributed by atoms with E-state index >= 15 is 0 Å². The van der Waals surface area contributed by atoms with Gasteiger partial charge in [0.05, 0.1) is 0 Å². The topological polar surface area (TPSA) is 32.3 Å². The quantitative estimate of drug-likeness (QED) is 0.859. The standard InChI is InChI=1S/C14H20N2O/c1-11-5-7-12(8-6-11)13(15-2)10-16-9-3-4-14(16)17/h5-8,13,15H,3-4,9-10H2,1-2H3. The SMILES string of the molecule is CNC(CN1CCCC1=O)c1ccc(C)cc1. The zero-order valence-corrected chi connectivity index (χ0v) is 10.6. The number of nitrogens with zero attached hydrogens (tertiary/aromatic N) is 1. The predicted octanol–water partition coefficient (Wildman–Crippen LogP) is 1.88. The Morgan fingerprint density at radius 2 is 2.06 bits per heavy atom. The van der Waals surface area contributed by atoms with Crippen LogP contribution in [-0.2, 0) is 4.79 Å². The van der Waals surface area contributed by atoms with Crippen LogP contribution in [0.2, 0.25) is 0 Å². The molecule has 0 spiro atoms. The normalized spacial score (nSPS) is 17.5. The van der Waals surface area contributed by atoms with E-state index in [0.717, 1.165) is 19.5 Å². The van der Waals surface area contributed by atoms with Gasteiger partial charge in [-0.1, -0.05) is 29.8 Å². The van der Waals surface area contributed by atoms with Crippen molar-refractivity contribution in [3.05, 3.63) is 35.4 Å². The molecule has 0 bridgehead atoms. The van der Waals surface area contributed by atoms with Gasteiger partial charge in [0.25, 0.3) is 0 Å². The zero-order chi connectivity index (χ0) is 12.3. The van der Waals surface area contributed by atoms with Crippen LogP contribution in [0.4, 0.5) is 0 Å².